The zero-order valence-electron chi connectivity index (χ0n) is 12.3. The third-order valence-electron chi connectivity index (χ3n) is 4.61. The van der Waals surface area contributed by atoms with E-state index < -0.39 is 40.5 Å². The maximum absolute atomic E-state index is 14.2. The lowest BCUT2D eigenvalue weighted by atomic mass is 9.31. The maximum atomic E-state index is 14.2. The van der Waals surface area contributed by atoms with Crippen LogP contribution in [0.2, 0.25) is 6.32 Å². The van der Waals surface area contributed by atoms with E-state index >= 15 is 0 Å². The van der Waals surface area contributed by atoms with Gasteiger partial charge in [0.1, 0.15) is 0 Å². The van der Waals surface area contributed by atoms with Crippen LogP contribution in [0.4, 0.5) is 22.0 Å². The minimum atomic E-state index is -2.10. The van der Waals surface area contributed by atoms with Gasteiger partial charge in [-0.15, -0.1) is 0 Å². The summed E-state index contributed by atoms with van der Waals surface area (Å²) in [5, 5.41) is 0. The molecule has 0 aromatic heterocycles. The zero-order valence-corrected chi connectivity index (χ0v) is 12.3. The van der Waals surface area contributed by atoms with Gasteiger partial charge < -0.3 is 0 Å². The molecule has 1 unspecified atom stereocenters. The smallest absolute Gasteiger partial charge is 0.200 e. The Labute approximate surface area is 131 Å². The Balaban J connectivity index is 2.12. The largest absolute Gasteiger partial charge is 0.203 e. The molecule has 1 atom stereocenters. The molecule has 2 aromatic rings. The Morgan fingerprint density at radius 2 is 1.30 bits per heavy atom. The van der Waals surface area contributed by atoms with Crippen molar-refractivity contribution >= 4 is 12.2 Å². The van der Waals surface area contributed by atoms with E-state index in [0.29, 0.717) is 19.2 Å². The van der Waals surface area contributed by atoms with Crippen molar-refractivity contribution in [1.82, 2.24) is 0 Å². The van der Waals surface area contributed by atoms with Gasteiger partial charge in [0.25, 0.3) is 0 Å². The van der Waals surface area contributed by atoms with Crippen molar-refractivity contribution in [3.05, 3.63) is 65.0 Å². The molecular weight excluding hydrogens is 310 g/mol. The highest BCUT2D eigenvalue weighted by Gasteiger charge is 2.38. The maximum Gasteiger partial charge on any atom is 0.200 e. The van der Waals surface area contributed by atoms with Crippen LogP contribution in [0, 0.1) is 29.1 Å². The topological polar surface area (TPSA) is 0 Å². The highest BCUT2D eigenvalue weighted by atomic mass is 19.2. The van der Waals surface area contributed by atoms with Crippen molar-refractivity contribution < 1.29 is 22.0 Å². The Morgan fingerprint density at radius 1 is 0.739 bits per heavy atom. The number of hydrogen-bond donors (Lipinski definition) is 0. The summed E-state index contributed by atoms with van der Waals surface area (Å²) in [5.41, 5.74) is 0.191. The van der Waals surface area contributed by atoms with Gasteiger partial charge in [-0.05, 0) is 5.82 Å². The molecular formula is C17H14BF5. The summed E-state index contributed by atoms with van der Waals surface area (Å²) in [6, 6.07) is 9.09. The van der Waals surface area contributed by atoms with E-state index in [9.17, 15) is 22.0 Å². The Kier molecular flexibility index (Phi) is 4.42. The van der Waals surface area contributed by atoms with Crippen molar-refractivity contribution in [3.63, 3.8) is 0 Å². The van der Waals surface area contributed by atoms with Crippen LogP contribution in [0.15, 0.2) is 30.3 Å². The molecule has 3 rings (SSSR count). The molecule has 0 N–H and O–H groups in total. The SMILES string of the molecule is Fc1c(F)c(F)c(C2CCCCB2c2ccccc2)c(F)c1F. The molecule has 0 saturated carbocycles. The van der Waals surface area contributed by atoms with Gasteiger partial charge in [0.15, 0.2) is 30.0 Å². The Hall–Kier alpha value is -1.85. The minimum absolute atomic E-state index is 0.252. The first-order chi connectivity index (χ1) is 11.0. The van der Waals surface area contributed by atoms with Crippen LogP contribution >= 0.6 is 0 Å². The molecule has 0 amide bonds. The molecule has 1 heterocycles. The summed E-state index contributed by atoms with van der Waals surface area (Å²) < 4.78 is 68.6. The van der Waals surface area contributed by atoms with Crippen LogP contribution < -0.4 is 5.46 Å². The van der Waals surface area contributed by atoms with Gasteiger partial charge in [-0.1, -0.05) is 61.4 Å². The second-order valence-corrected chi connectivity index (χ2v) is 5.89. The van der Waals surface area contributed by atoms with Crippen LogP contribution in [0.5, 0.6) is 0 Å². The molecule has 2 aromatic carbocycles. The number of halogens is 5. The van der Waals surface area contributed by atoms with Crippen LogP contribution in [0.1, 0.15) is 30.6 Å². The third kappa shape index (κ3) is 2.75. The van der Waals surface area contributed by atoms with E-state index in [1.165, 1.54) is 0 Å². The van der Waals surface area contributed by atoms with E-state index in [0.717, 1.165) is 11.9 Å². The van der Waals surface area contributed by atoms with Crippen molar-refractivity contribution in [2.75, 3.05) is 0 Å². The van der Waals surface area contributed by atoms with Gasteiger partial charge >= 0.3 is 0 Å². The third-order valence-corrected chi connectivity index (χ3v) is 4.61. The highest BCUT2D eigenvalue weighted by molar-refractivity contribution is 6.74. The van der Waals surface area contributed by atoms with Gasteiger partial charge in [0, 0.05) is 5.56 Å². The predicted octanol–water partition coefficient (Wildman–Crippen LogP) is 4.59. The molecule has 6 heteroatoms. The quantitative estimate of drug-likeness (QED) is 0.328. The second kappa shape index (κ2) is 6.34. The first-order valence-corrected chi connectivity index (χ1v) is 7.58. The molecule has 1 aliphatic rings. The predicted molar refractivity (Wildman–Crippen MR) is 79.5 cm³/mol. The summed E-state index contributed by atoms with van der Waals surface area (Å²) in [6.45, 7) is -0.252. The number of hydrogen-bond acceptors (Lipinski definition) is 0. The summed E-state index contributed by atoms with van der Waals surface area (Å²) in [7, 11) is 0. The van der Waals surface area contributed by atoms with E-state index in [1.54, 1.807) is 12.1 Å². The Morgan fingerprint density at radius 3 is 1.91 bits per heavy atom. The van der Waals surface area contributed by atoms with Gasteiger partial charge in [-0.3, -0.25) is 0 Å². The lowest BCUT2D eigenvalue weighted by molar-refractivity contribution is 0.366. The second-order valence-electron chi connectivity index (χ2n) is 5.89. The van der Waals surface area contributed by atoms with E-state index in [2.05, 4.69) is 0 Å². The normalized spacial score (nSPS) is 18.3. The fourth-order valence-corrected chi connectivity index (χ4v) is 3.52. The molecule has 1 fully saturated rings. The molecule has 0 bridgehead atoms. The van der Waals surface area contributed by atoms with Crippen molar-refractivity contribution in [1.29, 1.82) is 0 Å². The van der Waals surface area contributed by atoms with Crippen LogP contribution in [0.3, 0.4) is 0 Å². The molecule has 0 spiro atoms. The molecule has 120 valence electrons. The van der Waals surface area contributed by atoms with Crippen molar-refractivity contribution in [2.24, 2.45) is 0 Å². The van der Waals surface area contributed by atoms with Crippen LogP contribution in [-0.2, 0) is 0 Å². The van der Waals surface area contributed by atoms with Crippen LogP contribution in [-0.4, -0.2) is 6.71 Å². The van der Waals surface area contributed by atoms with E-state index in [-0.39, 0.29) is 6.71 Å². The average molecular weight is 324 g/mol. The molecule has 0 aliphatic carbocycles. The summed E-state index contributed by atoms with van der Waals surface area (Å²) in [6.07, 6.45) is 2.63. The first kappa shape index (κ1) is 16.0. The highest BCUT2D eigenvalue weighted by Crippen LogP contribution is 2.37. The minimum Gasteiger partial charge on any atom is -0.203 e. The van der Waals surface area contributed by atoms with Crippen LogP contribution in [0.25, 0.3) is 0 Å². The van der Waals surface area contributed by atoms with Crippen molar-refractivity contribution in [2.45, 2.75) is 31.4 Å². The fourth-order valence-electron chi connectivity index (χ4n) is 3.52. The van der Waals surface area contributed by atoms with Gasteiger partial charge in [0.2, 0.25) is 5.82 Å². The van der Waals surface area contributed by atoms with E-state index in [4.69, 9.17) is 0 Å². The molecule has 1 saturated heterocycles. The van der Waals surface area contributed by atoms with Gasteiger partial charge in [-0.2, -0.15) is 0 Å². The first-order valence-electron chi connectivity index (χ1n) is 7.58. The summed E-state index contributed by atoms with van der Waals surface area (Å²) in [4.78, 5) is 0. The standard InChI is InChI=1S/C17H14BF5/c19-13-12(14(20)16(22)17(23)15(13)21)11-8-4-5-9-18(11)10-6-2-1-3-7-10/h1-3,6-7,11H,4-5,8-9H2. The fraction of sp³-hybridized carbons (Fsp3) is 0.294. The molecule has 1 aliphatic heterocycles. The summed E-state index contributed by atoms with van der Waals surface area (Å²) >= 11 is 0. The number of benzene rings is 2. The monoisotopic (exact) mass is 324 g/mol. The van der Waals surface area contributed by atoms with Crippen molar-refractivity contribution in [3.8, 4) is 0 Å². The molecule has 23 heavy (non-hydrogen) atoms. The molecule has 0 radical (unpaired) electrons. The average Bonchev–Trinajstić information content (AvgIpc) is 2.60. The van der Waals surface area contributed by atoms with Gasteiger partial charge in [-0.25, -0.2) is 22.0 Å². The summed E-state index contributed by atoms with van der Waals surface area (Å²) in [5.74, 6) is -9.94. The van der Waals surface area contributed by atoms with Gasteiger partial charge in [0.05, 0.1) is 0 Å². The lowest BCUT2D eigenvalue weighted by Gasteiger charge is -2.30. The Bertz CT molecular complexity index is 688. The zero-order chi connectivity index (χ0) is 16.6. The lowest BCUT2D eigenvalue weighted by Crippen LogP contribution is -2.40. The number of rotatable bonds is 2. The molecule has 0 nitrogen and oxygen atoms in total. The van der Waals surface area contributed by atoms with E-state index in [1.807, 2.05) is 18.2 Å².